The van der Waals surface area contributed by atoms with Gasteiger partial charge in [0.2, 0.25) is 6.79 Å². The monoisotopic (exact) mass is 305 g/mol. The third kappa shape index (κ3) is 1.75. The molecule has 0 spiro atoms. The molecule has 0 fully saturated rings. The van der Waals surface area contributed by atoms with Crippen LogP contribution >= 0.6 is 22.9 Å². The molecule has 0 saturated carbocycles. The van der Waals surface area contributed by atoms with Crippen LogP contribution in [0.2, 0.25) is 0 Å². The Kier molecular flexibility index (Phi) is 3.00. The van der Waals surface area contributed by atoms with Gasteiger partial charge in [-0.3, -0.25) is 0 Å². The average molecular weight is 305 g/mol. The Morgan fingerprint density at radius 3 is 3.07 bits per heavy atom. The first-order valence-electron chi connectivity index (χ1n) is 4.65. The van der Waals surface area contributed by atoms with Crippen molar-refractivity contribution in [2.24, 2.45) is 0 Å². The fourth-order valence-electron chi connectivity index (χ4n) is 1.42. The van der Waals surface area contributed by atoms with Crippen LogP contribution < -0.4 is 12.6 Å². The van der Waals surface area contributed by atoms with E-state index >= 15 is 0 Å². The highest BCUT2D eigenvalue weighted by Gasteiger charge is 2.19. The zero-order valence-electron chi connectivity index (χ0n) is 8.00. The van der Waals surface area contributed by atoms with Crippen LogP contribution in [0, 0.1) is 0 Å². The summed E-state index contributed by atoms with van der Waals surface area (Å²) in [6.07, 6.45) is 1.12. The van der Waals surface area contributed by atoms with Crippen LogP contribution in [-0.2, 0) is 0 Å². The maximum Gasteiger partial charge on any atom is 0.231 e. The lowest BCUT2D eigenvalue weighted by molar-refractivity contribution is 0.174. The SMILES string of the molecule is CCCN(I)c1cccc2c1OCO2. The minimum absolute atomic E-state index is 0.336. The van der Waals surface area contributed by atoms with Crippen LogP contribution in [0.4, 0.5) is 5.69 Å². The van der Waals surface area contributed by atoms with Crippen LogP contribution in [0.3, 0.4) is 0 Å². The van der Waals surface area contributed by atoms with Gasteiger partial charge in [-0.05, 0) is 18.6 Å². The Labute approximate surface area is 97.5 Å². The lowest BCUT2D eigenvalue weighted by Crippen LogP contribution is -2.10. The minimum Gasteiger partial charge on any atom is -0.454 e. The van der Waals surface area contributed by atoms with E-state index < -0.39 is 0 Å². The normalized spacial score (nSPS) is 13.0. The molecule has 1 aromatic rings. The number of halogens is 1. The number of anilines is 1. The standard InChI is InChI=1S/C10H12INO2/c1-2-6-12(11)8-4-3-5-9-10(8)14-7-13-9/h3-5H,2,6-7H2,1H3. The van der Waals surface area contributed by atoms with Crippen molar-refractivity contribution in [1.29, 1.82) is 0 Å². The third-order valence-corrected chi connectivity index (χ3v) is 3.06. The summed E-state index contributed by atoms with van der Waals surface area (Å²) in [6.45, 7) is 3.51. The molecule has 0 radical (unpaired) electrons. The van der Waals surface area contributed by atoms with E-state index in [1.807, 2.05) is 12.1 Å². The first kappa shape index (κ1) is 9.89. The smallest absolute Gasteiger partial charge is 0.231 e. The number of fused-ring (bicyclic) bond motifs is 1. The van der Waals surface area contributed by atoms with Crippen LogP contribution in [0.5, 0.6) is 11.5 Å². The van der Waals surface area contributed by atoms with Gasteiger partial charge in [-0.25, -0.2) is 0 Å². The summed E-state index contributed by atoms with van der Waals surface area (Å²) in [5.41, 5.74) is 1.10. The molecule has 0 aliphatic carbocycles. The molecular formula is C10H12INO2. The number of ether oxygens (including phenoxy) is 2. The molecule has 0 bridgehead atoms. The molecule has 0 amide bonds. The summed E-state index contributed by atoms with van der Waals surface area (Å²) in [4.78, 5) is 0. The molecule has 1 aromatic carbocycles. The minimum atomic E-state index is 0.336. The number of rotatable bonds is 3. The maximum atomic E-state index is 5.43. The summed E-state index contributed by atoms with van der Waals surface area (Å²) < 4.78 is 12.9. The van der Waals surface area contributed by atoms with Gasteiger partial charge in [0.1, 0.15) is 0 Å². The molecule has 2 rings (SSSR count). The summed E-state index contributed by atoms with van der Waals surface area (Å²) in [6, 6.07) is 5.97. The van der Waals surface area contributed by atoms with Gasteiger partial charge in [-0.2, -0.15) is 0 Å². The lowest BCUT2D eigenvalue weighted by atomic mass is 10.2. The number of para-hydroxylation sites is 1. The predicted octanol–water partition coefficient (Wildman–Crippen LogP) is 2.98. The summed E-state index contributed by atoms with van der Waals surface area (Å²) in [5, 5.41) is 0. The van der Waals surface area contributed by atoms with Gasteiger partial charge in [0, 0.05) is 6.54 Å². The van der Waals surface area contributed by atoms with E-state index in [4.69, 9.17) is 9.47 Å². The van der Waals surface area contributed by atoms with Crippen molar-refractivity contribution < 1.29 is 9.47 Å². The Morgan fingerprint density at radius 2 is 2.29 bits per heavy atom. The Hall–Kier alpha value is -0.650. The molecule has 4 heteroatoms. The molecule has 0 atom stereocenters. The van der Waals surface area contributed by atoms with Crippen LogP contribution in [0.1, 0.15) is 13.3 Å². The van der Waals surface area contributed by atoms with Gasteiger partial charge in [0.25, 0.3) is 0 Å². The van der Waals surface area contributed by atoms with Crippen molar-refractivity contribution in [2.75, 3.05) is 16.5 Å². The molecule has 1 heterocycles. The fourth-order valence-corrected chi connectivity index (χ4v) is 2.29. The highest BCUT2D eigenvalue weighted by Crippen LogP contribution is 2.41. The lowest BCUT2D eigenvalue weighted by Gasteiger charge is -2.16. The van der Waals surface area contributed by atoms with Gasteiger partial charge in [-0.15, -0.1) is 0 Å². The van der Waals surface area contributed by atoms with Crippen molar-refractivity contribution in [3.63, 3.8) is 0 Å². The van der Waals surface area contributed by atoms with Crippen LogP contribution in [0.25, 0.3) is 0 Å². The summed E-state index contributed by atoms with van der Waals surface area (Å²) in [5.74, 6) is 1.72. The molecule has 0 saturated heterocycles. The second-order valence-corrected chi connectivity index (χ2v) is 4.26. The quantitative estimate of drug-likeness (QED) is 0.633. The average Bonchev–Trinajstić information content (AvgIpc) is 2.65. The van der Waals surface area contributed by atoms with Crippen molar-refractivity contribution in [2.45, 2.75) is 13.3 Å². The third-order valence-electron chi connectivity index (χ3n) is 2.06. The van der Waals surface area contributed by atoms with Gasteiger partial charge >= 0.3 is 0 Å². The molecule has 3 nitrogen and oxygen atoms in total. The summed E-state index contributed by atoms with van der Waals surface area (Å²) >= 11 is 2.30. The number of hydrogen-bond acceptors (Lipinski definition) is 3. The van der Waals surface area contributed by atoms with Crippen LogP contribution in [0.15, 0.2) is 18.2 Å². The molecular weight excluding hydrogens is 293 g/mol. The molecule has 0 N–H and O–H groups in total. The zero-order chi connectivity index (χ0) is 9.97. The Morgan fingerprint density at radius 1 is 1.43 bits per heavy atom. The number of nitrogens with zero attached hydrogens (tertiary/aromatic N) is 1. The number of benzene rings is 1. The number of hydrogen-bond donors (Lipinski definition) is 0. The first-order valence-corrected chi connectivity index (χ1v) is 5.61. The zero-order valence-corrected chi connectivity index (χ0v) is 10.2. The fraction of sp³-hybridized carbons (Fsp3) is 0.400. The van der Waals surface area contributed by atoms with Crippen molar-refractivity contribution in [3.05, 3.63) is 18.2 Å². The van der Waals surface area contributed by atoms with E-state index in [0.29, 0.717) is 6.79 Å². The summed E-state index contributed by atoms with van der Waals surface area (Å²) in [7, 11) is 0. The van der Waals surface area contributed by atoms with E-state index in [0.717, 1.165) is 30.2 Å². The molecule has 1 aliphatic rings. The van der Waals surface area contributed by atoms with E-state index in [1.165, 1.54) is 0 Å². The van der Waals surface area contributed by atoms with Crippen molar-refractivity contribution in [3.8, 4) is 11.5 Å². The first-order chi connectivity index (χ1) is 6.83. The maximum absolute atomic E-state index is 5.43. The Balaban J connectivity index is 2.29. The van der Waals surface area contributed by atoms with E-state index in [2.05, 4.69) is 39.0 Å². The largest absolute Gasteiger partial charge is 0.454 e. The van der Waals surface area contributed by atoms with Crippen LogP contribution in [-0.4, -0.2) is 13.3 Å². The van der Waals surface area contributed by atoms with Gasteiger partial charge in [0.15, 0.2) is 11.5 Å². The van der Waals surface area contributed by atoms with Crippen molar-refractivity contribution >= 4 is 28.6 Å². The second-order valence-electron chi connectivity index (χ2n) is 3.10. The topological polar surface area (TPSA) is 21.7 Å². The Bertz CT molecular complexity index is 330. The molecule has 14 heavy (non-hydrogen) atoms. The molecule has 1 aliphatic heterocycles. The molecule has 0 unspecified atom stereocenters. The molecule has 0 aromatic heterocycles. The second kappa shape index (κ2) is 4.25. The van der Waals surface area contributed by atoms with E-state index in [9.17, 15) is 0 Å². The van der Waals surface area contributed by atoms with Gasteiger partial charge in [-0.1, -0.05) is 13.0 Å². The van der Waals surface area contributed by atoms with Crippen molar-refractivity contribution in [1.82, 2.24) is 0 Å². The highest BCUT2D eigenvalue weighted by molar-refractivity contribution is 14.1. The van der Waals surface area contributed by atoms with Gasteiger partial charge < -0.3 is 12.6 Å². The highest BCUT2D eigenvalue weighted by atomic mass is 127. The van der Waals surface area contributed by atoms with E-state index in [-0.39, 0.29) is 0 Å². The predicted molar refractivity (Wildman–Crippen MR) is 64.2 cm³/mol. The molecule has 76 valence electrons. The van der Waals surface area contributed by atoms with Gasteiger partial charge in [0.05, 0.1) is 28.6 Å². The van der Waals surface area contributed by atoms with E-state index in [1.54, 1.807) is 0 Å².